The van der Waals surface area contributed by atoms with Crippen molar-refractivity contribution in [2.45, 2.75) is 0 Å². The van der Waals surface area contributed by atoms with E-state index in [2.05, 4.69) is 53.8 Å². The van der Waals surface area contributed by atoms with E-state index < -0.39 is 7.64 Å². The summed E-state index contributed by atoms with van der Waals surface area (Å²) in [6.07, 6.45) is 0. The van der Waals surface area contributed by atoms with E-state index in [1.807, 2.05) is 12.1 Å². The Morgan fingerprint density at radius 2 is 1.12 bits per heavy atom. The molecule has 1 aliphatic rings. The number of hydrogen-bond acceptors (Lipinski definition) is 2. The first-order chi connectivity index (χ1) is 7.42. The molecule has 3 rings (SSSR count). The van der Waals surface area contributed by atoms with Crippen LogP contribution in [0, 0.1) is 0 Å². The van der Waals surface area contributed by atoms with Gasteiger partial charge in [-0.25, -0.2) is 0 Å². The monoisotopic (exact) mass is 241 g/mol. The summed E-state index contributed by atoms with van der Waals surface area (Å²) in [6.45, 7) is 0. The fraction of sp³-hybridized carbons (Fsp3) is 0. The van der Waals surface area contributed by atoms with Crippen LogP contribution < -0.4 is 15.9 Å². The van der Waals surface area contributed by atoms with Crippen molar-refractivity contribution in [1.82, 2.24) is 5.25 Å². The van der Waals surface area contributed by atoms with Crippen LogP contribution in [0.1, 0.15) is 0 Å². The summed E-state index contributed by atoms with van der Waals surface area (Å²) < 4.78 is 5.56. The Hall–Kier alpha value is -0.210. The van der Waals surface area contributed by atoms with Gasteiger partial charge in [0.25, 0.3) is 0 Å². The normalized spacial score (nSPS) is 18.2. The minimum absolute atomic E-state index is 0. The second kappa shape index (κ2) is 4.97. The number of hydrogen-bond donors (Lipinski definition) is 1. The summed E-state index contributed by atoms with van der Waals surface area (Å²) in [7, 11) is -1.96. The molecule has 0 amide bonds. The SMILES string of the molecule is [NaH].c1ccc([PH]2(c3ccccc3)NO2)cc1. The van der Waals surface area contributed by atoms with Crippen molar-refractivity contribution in [1.29, 1.82) is 0 Å². The molecule has 0 atom stereocenters. The van der Waals surface area contributed by atoms with Crippen LogP contribution in [0.3, 0.4) is 0 Å². The fourth-order valence-electron chi connectivity index (χ4n) is 1.80. The molecule has 0 radical (unpaired) electrons. The topological polar surface area (TPSA) is 34.5 Å². The van der Waals surface area contributed by atoms with Crippen LogP contribution >= 0.6 is 7.64 Å². The van der Waals surface area contributed by atoms with E-state index in [-0.39, 0.29) is 29.6 Å². The van der Waals surface area contributed by atoms with Crippen molar-refractivity contribution in [2.24, 2.45) is 0 Å². The Balaban J connectivity index is 0.000000963. The van der Waals surface area contributed by atoms with E-state index in [0.717, 1.165) is 0 Å². The number of nitrogens with one attached hydrogen (secondary N) is 1. The van der Waals surface area contributed by atoms with Crippen LogP contribution in [0.15, 0.2) is 60.7 Å². The molecule has 1 saturated heterocycles. The molecule has 0 unspecified atom stereocenters. The molecule has 0 aromatic heterocycles. The Kier molecular flexibility index (Phi) is 3.81. The van der Waals surface area contributed by atoms with E-state index in [4.69, 9.17) is 4.62 Å². The fourth-order valence-corrected chi connectivity index (χ4v) is 4.34. The van der Waals surface area contributed by atoms with Crippen LogP contribution in [0.5, 0.6) is 0 Å². The first-order valence-electron chi connectivity index (χ1n) is 4.98. The zero-order valence-corrected chi connectivity index (χ0v) is 9.18. The van der Waals surface area contributed by atoms with Crippen molar-refractivity contribution in [3.63, 3.8) is 0 Å². The van der Waals surface area contributed by atoms with Gasteiger partial charge in [0, 0.05) is 0 Å². The molecule has 2 aromatic carbocycles. The third-order valence-corrected chi connectivity index (χ3v) is 5.57. The van der Waals surface area contributed by atoms with Crippen molar-refractivity contribution >= 4 is 47.8 Å². The molecule has 0 saturated carbocycles. The van der Waals surface area contributed by atoms with Gasteiger partial charge in [0.05, 0.1) is 0 Å². The maximum absolute atomic E-state index is 5.56. The van der Waals surface area contributed by atoms with Gasteiger partial charge in [-0.1, -0.05) is 0 Å². The first kappa shape index (κ1) is 12.3. The summed E-state index contributed by atoms with van der Waals surface area (Å²) in [5.74, 6) is 0. The van der Waals surface area contributed by atoms with Gasteiger partial charge in [-0.2, -0.15) is 0 Å². The molecule has 1 fully saturated rings. The van der Waals surface area contributed by atoms with Crippen molar-refractivity contribution < 1.29 is 4.62 Å². The molecule has 0 aliphatic carbocycles. The van der Waals surface area contributed by atoms with Gasteiger partial charge in [-0.15, -0.1) is 0 Å². The molecule has 1 aliphatic heterocycles. The zero-order chi connectivity index (χ0) is 10.1. The molecule has 4 heteroatoms. The summed E-state index contributed by atoms with van der Waals surface area (Å²) in [6, 6.07) is 20.8. The first-order valence-corrected chi connectivity index (χ1v) is 6.89. The Bertz CT molecular complexity index is 417. The third kappa shape index (κ3) is 2.10. The summed E-state index contributed by atoms with van der Waals surface area (Å²) >= 11 is 0. The van der Waals surface area contributed by atoms with E-state index in [1.54, 1.807) is 0 Å². The molecule has 0 bridgehead atoms. The molecule has 2 aromatic rings. The molecule has 2 nitrogen and oxygen atoms in total. The van der Waals surface area contributed by atoms with Crippen LogP contribution in [0.2, 0.25) is 0 Å². The average molecular weight is 241 g/mol. The van der Waals surface area contributed by atoms with Crippen LogP contribution in [0.25, 0.3) is 0 Å². The molecule has 16 heavy (non-hydrogen) atoms. The van der Waals surface area contributed by atoms with Gasteiger partial charge in [0.1, 0.15) is 0 Å². The molecular weight excluding hydrogens is 228 g/mol. The van der Waals surface area contributed by atoms with Gasteiger partial charge in [-0.3, -0.25) is 0 Å². The molecule has 0 spiro atoms. The maximum atomic E-state index is 5.56. The Morgan fingerprint density at radius 1 is 0.750 bits per heavy atom. The summed E-state index contributed by atoms with van der Waals surface area (Å²) in [5, 5.41) is 5.67. The second-order valence-corrected chi connectivity index (χ2v) is 6.54. The van der Waals surface area contributed by atoms with Crippen molar-refractivity contribution in [3.05, 3.63) is 60.7 Å². The van der Waals surface area contributed by atoms with E-state index in [0.29, 0.717) is 0 Å². The van der Waals surface area contributed by atoms with Crippen LogP contribution in [0.4, 0.5) is 0 Å². The standard InChI is InChI=1S/C12H12NOP.Na.H/c1-3-7-11(8-4-1)15(13-14-15)12-9-5-2-6-10-12;;/h1-10,13,15H;;. The van der Waals surface area contributed by atoms with Crippen LogP contribution in [-0.4, -0.2) is 29.6 Å². The van der Waals surface area contributed by atoms with Gasteiger partial charge in [0.15, 0.2) is 0 Å². The molecule has 1 N–H and O–H groups in total. The van der Waals surface area contributed by atoms with Gasteiger partial charge < -0.3 is 0 Å². The van der Waals surface area contributed by atoms with Gasteiger partial charge in [0.2, 0.25) is 0 Å². The average Bonchev–Trinajstić information content (AvgIpc) is 3.13. The minimum atomic E-state index is -1.96. The van der Waals surface area contributed by atoms with E-state index >= 15 is 0 Å². The molecular formula is C12H13NNaOP. The third-order valence-electron chi connectivity index (χ3n) is 2.67. The van der Waals surface area contributed by atoms with Crippen molar-refractivity contribution in [3.8, 4) is 0 Å². The van der Waals surface area contributed by atoms with E-state index in [9.17, 15) is 0 Å². The number of benzene rings is 2. The predicted octanol–water partition coefficient (Wildman–Crippen LogP) is 1.10. The second-order valence-electron chi connectivity index (χ2n) is 3.62. The Morgan fingerprint density at radius 3 is 1.44 bits per heavy atom. The number of rotatable bonds is 2. The zero-order valence-electron chi connectivity index (χ0n) is 8.18. The quantitative estimate of drug-likeness (QED) is 0.485. The van der Waals surface area contributed by atoms with Crippen molar-refractivity contribution in [2.75, 3.05) is 0 Å². The predicted molar refractivity (Wildman–Crippen MR) is 71.8 cm³/mol. The van der Waals surface area contributed by atoms with E-state index in [1.165, 1.54) is 10.6 Å². The summed E-state index contributed by atoms with van der Waals surface area (Å²) in [4.78, 5) is 0. The van der Waals surface area contributed by atoms with Gasteiger partial charge in [-0.05, 0) is 0 Å². The van der Waals surface area contributed by atoms with Gasteiger partial charge >= 0.3 is 118 Å². The Labute approximate surface area is 118 Å². The summed E-state index contributed by atoms with van der Waals surface area (Å²) in [5.41, 5.74) is 0. The molecule has 78 valence electrons. The molecule has 1 heterocycles. The van der Waals surface area contributed by atoms with Crippen LogP contribution in [-0.2, 0) is 4.62 Å².